The molecule has 5 nitrogen and oxygen atoms in total. The van der Waals surface area contributed by atoms with Crippen molar-refractivity contribution in [3.8, 4) is 0 Å². The summed E-state index contributed by atoms with van der Waals surface area (Å²) in [4.78, 5) is 27.2. The molecule has 0 radical (unpaired) electrons. The quantitative estimate of drug-likeness (QED) is 0.592. The lowest BCUT2D eigenvalue weighted by atomic mass is 10.2. The SMILES string of the molecule is C/C(=C\C(=O)NCCCNC(=O)c1cccnc1)C1CC1. The summed E-state index contributed by atoms with van der Waals surface area (Å²) in [5.41, 5.74) is 1.71. The summed E-state index contributed by atoms with van der Waals surface area (Å²) < 4.78 is 0. The Morgan fingerprint density at radius 3 is 2.76 bits per heavy atom. The molecule has 0 aromatic carbocycles. The maximum atomic E-state index is 11.7. The summed E-state index contributed by atoms with van der Waals surface area (Å²) in [5, 5.41) is 5.63. The van der Waals surface area contributed by atoms with Gasteiger partial charge in [0.25, 0.3) is 5.91 Å². The van der Waals surface area contributed by atoms with Crippen molar-refractivity contribution in [3.63, 3.8) is 0 Å². The fourth-order valence-corrected chi connectivity index (χ4v) is 2.02. The molecule has 112 valence electrons. The zero-order valence-electron chi connectivity index (χ0n) is 12.3. The number of amides is 2. The Bertz CT molecular complexity index is 522. The number of rotatable bonds is 7. The molecule has 0 spiro atoms. The van der Waals surface area contributed by atoms with Gasteiger partial charge in [0.05, 0.1) is 5.56 Å². The van der Waals surface area contributed by atoms with Gasteiger partial charge in [-0.15, -0.1) is 0 Å². The Morgan fingerprint density at radius 2 is 2.10 bits per heavy atom. The molecule has 5 heteroatoms. The highest BCUT2D eigenvalue weighted by Crippen LogP contribution is 2.35. The van der Waals surface area contributed by atoms with Crippen LogP contribution in [-0.4, -0.2) is 29.9 Å². The van der Waals surface area contributed by atoms with E-state index in [-0.39, 0.29) is 11.8 Å². The molecule has 1 fully saturated rings. The monoisotopic (exact) mass is 287 g/mol. The van der Waals surface area contributed by atoms with Gasteiger partial charge in [-0.2, -0.15) is 0 Å². The van der Waals surface area contributed by atoms with E-state index in [4.69, 9.17) is 0 Å². The first-order valence-electron chi connectivity index (χ1n) is 7.31. The fraction of sp³-hybridized carbons (Fsp3) is 0.438. The van der Waals surface area contributed by atoms with Gasteiger partial charge in [0, 0.05) is 31.6 Å². The molecule has 0 saturated heterocycles. The summed E-state index contributed by atoms with van der Waals surface area (Å²) >= 11 is 0. The van der Waals surface area contributed by atoms with E-state index in [1.54, 1.807) is 24.4 Å². The van der Waals surface area contributed by atoms with E-state index >= 15 is 0 Å². The lowest BCUT2D eigenvalue weighted by Gasteiger charge is -2.06. The molecule has 0 atom stereocenters. The van der Waals surface area contributed by atoms with Crippen LogP contribution in [0.2, 0.25) is 0 Å². The Hall–Kier alpha value is -2.17. The number of carbonyl (C=O) groups is 2. The van der Waals surface area contributed by atoms with Crippen molar-refractivity contribution >= 4 is 11.8 Å². The lowest BCUT2D eigenvalue weighted by molar-refractivity contribution is -0.116. The first kappa shape index (κ1) is 15.2. The highest BCUT2D eigenvalue weighted by atomic mass is 16.2. The van der Waals surface area contributed by atoms with Crippen LogP contribution >= 0.6 is 0 Å². The van der Waals surface area contributed by atoms with Crippen molar-refractivity contribution in [2.75, 3.05) is 13.1 Å². The molecule has 1 heterocycles. The minimum atomic E-state index is -0.140. The Labute approximate surface area is 124 Å². The Kier molecular flexibility index (Phi) is 5.49. The number of hydrogen-bond donors (Lipinski definition) is 2. The second-order valence-corrected chi connectivity index (χ2v) is 5.30. The topological polar surface area (TPSA) is 71.1 Å². The normalized spacial score (nSPS) is 14.6. The third kappa shape index (κ3) is 5.38. The summed E-state index contributed by atoms with van der Waals surface area (Å²) in [7, 11) is 0. The molecule has 0 aliphatic heterocycles. The van der Waals surface area contributed by atoms with E-state index in [9.17, 15) is 9.59 Å². The summed E-state index contributed by atoms with van der Waals surface area (Å²) in [6, 6.07) is 3.44. The maximum absolute atomic E-state index is 11.7. The van der Waals surface area contributed by atoms with E-state index in [0.29, 0.717) is 31.0 Å². The molecular weight excluding hydrogens is 266 g/mol. The van der Waals surface area contributed by atoms with Crippen LogP contribution in [0, 0.1) is 5.92 Å². The van der Waals surface area contributed by atoms with Crippen LogP contribution in [0.3, 0.4) is 0 Å². The number of nitrogens with one attached hydrogen (secondary N) is 2. The van der Waals surface area contributed by atoms with Crippen LogP contribution in [0.4, 0.5) is 0 Å². The van der Waals surface area contributed by atoms with Gasteiger partial charge in [0.2, 0.25) is 5.91 Å². The van der Waals surface area contributed by atoms with E-state index in [0.717, 1.165) is 5.57 Å². The van der Waals surface area contributed by atoms with Crippen molar-refractivity contribution in [1.82, 2.24) is 15.6 Å². The van der Waals surface area contributed by atoms with Crippen LogP contribution < -0.4 is 10.6 Å². The molecule has 1 aromatic heterocycles. The van der Waals surface area contributed by atoms with Gasteiger partial charge >= 0.3 is 0 Å². The zero-order chi connectivity index (χ0) is 15.1. The predicted octanol–water partition coefficient (Wildman–Crippen LogP) is 1.67. The highest BCUT2D eigenvalue weighted by molar-refractivity contribution is 5.93. The van der Waals surface area contributed by atoms with Crippen molar-refractivity contribution in [1.29, 1.82) is 0 Å². The van der Waals surface area contributed by atoms with Gasteiger partial charge < -0.3 is 10.6 Å². The third-order valence-corrected chi connectivity index (χ3v) is 3.44. The molecule has 1 aliphatic rings. The van der Waals surface area contributed by atoms with E-state index in [1.165, 1.54) is 19.0 Å². The number of carbonyl (C=O) groups excluding carboxylic acids is 2. The molecular formula is C16H21N3O2. The maximum Gasteiger partial charge on any atom is 0.252 e. The average molecular weight is 287 g/mol. The molecule has 0 bridgehead atoms. The van der Waals surface area contributed by atoms with Gasteiger partial charge in [0.15, 0.2) is 0 Å². The summed E-state index contributed by atoms with van der Waals surface area (Å²) in [6.45, 7) is 3.09. The predicted molar refractivity (Wildman–Crippen MR) is 80.7 cm³/mol. The van der Waals surface area contributed by atoms with Crippen molar-refractivity contribution in [2.45, 2.75) is 26.2 Å². The number of allylic oxidation sites excluding steroid dienone is 1. The molecule has 1 saturated carbocycles. The standard InChI is InChI=1S/C16H21N3O2/c1-12(13-5-6-13)10-15(20)18-8-3-9-19-16(21)14-4-2-7-17-11-14/h2,4,7,10-11,13H,3,5-6,8-9H2,1H3,(H,18,20)(H,19,21)/b12-10+. The minimum Gasteiger partial charge on any atom is -0.352 e. The Morgan fingerprint density at radius 1 is 1.33 bits per heavy atom. The van der Waals surface area contributed by atoms with Gasteiger partial charge in [0.1, 0.15) is 0 Å². The molecule has 0 unspecified atom stereocenters. The molecule has 2 amide bonds. The van der Waals surface area contributed by atoms with Gasteiger partial charge in [-0.1, -0.05) is 5.57 Å². The number of pyridine rings is 1. The van der Waals surface area contributed by atoms with Crippen molar-refractivity contribution < 1.29 is 9.59 Å². The van der Waals surface area contributed by atoms with E-state index < -0.39 is 0 Å². The first-order chi connectivity index (χ1) is 10.2. The summed E-state index contributed by atoms with van der Waals surface area (Å²) in [6.07, 6.45) is 7.96. The van der Waals surface area contributed by atoms with Crippen LogP contribution in [0.5, 0.6) is 0 Å². The van der Waals surface area contributed by atoms with Gasteiger partial charge in [-0.3, -0.25) is 14.6 Å². The van der Waals surface area contributed by atoms with Crippen LogP contribution in [0.1, 0.15) is 36.5 Å². The summed E-state index contributed by atoms with van der Waals surface area (Å²) in [5.74, 6) is 0.436. The van der Waals surface area contributed by atoms with Crippen molar-refractivity contribution in [3.05, 3.63) is 41.7 Å². The van der Waals surface area contributed by atoms with Gasteiger partial charge in [-0.25, -0.2) is 0 Å². The minimum absolute atomic E-state index is 0.0435. The number of aromatic nitrogens is 1. The average Bonchev–Trinajstić information content (AvgIpc) is 3.32. The number of hydrogen-bond acceptors (Lipinski definition) is 3. The number of nitrogens with zero attached hydrogens (tertiary/aromatic N) is 1. The van der Waals surface area contributed by atoms with Crippen LogP contribution in [0.25, 0.3) is 0 Å². The smallest absolute Gasteiger partial charge is 0.252 e. The third-order valence-electron chi connectivity index (χ3n) is 3.44. The lowest BCUT2D eigenvalue weighted by Crippen LogP contribution is -2.29. The zero-order valence-corrected chi connectivity index (χ0v) is 12.3. The largest absolute Gasteiger partial charge is 0.352 e. The van der Waals surface area contributed by atoms with Crippen LogP contribution in [0.15, 0.2) is 36.2 Å². The second kappa shape index (κ2) is 7.57. The highest BCUT2D eigenvalue weighted by Gasteiger charge is 2.23. The Balaban J connectivity index is 1.58. The van der Waals surface area contributed by atoms with E-state index in [1.807, 2.05) is 6.92 Å². The van der Waals surface area contributed by atoms with E-state index in [2.05, 4.69) is 15.6 Å². The second-order valence-electron chi connectivity index (χ2n) is 5.30. The fourth-order valence-electron chi connectivity index (χ4n) is 2.02. The van der Waals surface area contributed by atoms with Crippen LogP contribution in [-0.2, 0) is 4.79 Å². The molecule has 1 aliphatic carbocycles. The molecule has 1 aromatic rings. The molecule has 2 rings (SSSR count). The molecule has 21 heavy (non-hydrogen) atoms. The van der Waals surface area contributed by atoms with Gasteiger partial charge in [-0.05, 0) is 44.2 Å². The molecule has 2 N–H and O–H groups in total. The van der Waals surface area contributed by atoms with Crippen molar-refractivity contribution in [2.24, 2.45) is 5.92 Å². The first-order valence-corrected chi connectivity index (χ1v) is 7.31.